The molecule has 1 heterocycles. The monoisotopic (exact) mass is 233 g/mol. The minimum atomic E-state index is 0.683. The summed E-state index contributed by atoms with van der Waals surface area (Å²) in [4.78, 5) is 4.35. The van der Waals surface area contributed by atoms with Crippen molar-refractivity contribution < 1.29 is 0 Å². The molecule has 2 fully saturated rings. The number of rotatable bonds is 4. The summed E-state index contributed by atoms with van der Waals surface area (Å²) in [5, 5.41) is 3.59. The van der Waals surface area contributed by atoms with Gasteiger partial charge in [-0.25, -0.2) is 4.98 Å². The summed E-state index contributed by atoms with van der Waals surface area (Å²) in [7, 11) is 0. The van der Waals surface area contributed by atoms with Crippen LogP contribution < -0.4 is 5.32 Å². The Kier molecular flexibility index (Phi) is 3.19. The Hall–Kier alpha value is -0.830. The zero-order valence-electron chi connectivity index (χ0n) is 10.7. The average Bonchev–Trinajstić information content (AvgIpc) is 3.06. The Morgan fingerprint density at radius 2 is 2.12 bits per heavy atom. The van der Waals surface area contributed by atoms with Gasteiger partial charge in [0, 0.05) is 24.8 Å². The van der Waals surface area contributed by atoms with Crippen molar-refractivity contribution in [2.24, 2.45) is 5.92 Å². The fraction of sp³-hybridized carbons (Fsp3) is 0.786. The maximum absolute atomic E-state index is 4.35. The molecule has 0 amide bonds. The second kappa shape index (κ2) is 4.81. The smallest absolute Gasteiger partial charge is 0.0951 e. The van der Waals surface area contributed by atoms with Gasteiger partial charge in [-0.3, -0.25) is 0 Å². The highest BCUT2D eigenvalue weighted by Gasteiger charge is 2.25. The van der Waals surface area contributed by atoms with E-state index in [1.54, 1.807) is 0 Å². The predicted octanol–water partition coefficient (Wildman–Crippen LogP) is 2.89. The van der Waals surface area contributed by atoms with Gasteiger partial charge in [0.2, 0.25) is 0 Å². The van der Waals surface area contributed by atoms with E-state index in [2.05, 4.69) is 21.8 Å². The molecule has 0 aliphatic heterocycles. The molecule has 2 saturated carbocycles. The van der Waals surface area contributed by atoms with E-state index in [1.807, 2.05) is 12.5 Å². The normalized spacial score (nSPS) is 29.5. The molecule has 0 radical (unpaired) electrons. The van der Waals surface area contributed by atoms with Crippen LogP contribution in [-0.2, 0) is 6.54 Å². The minimum Gasteiger partial charge on any atom is -0.330 e. The highest BCUT2D eigenvalue weighted by atomic mass is 15.1. The maximum Gasteiger partial charge on any atom is 0.0951 e. The number of hydrogen-bond donors (Lipinski definition) is 1. The molecule has 0 spiro atoms. The molecule has 0 saturated heterocycles. The number of imidazole rings is 1. The first-order valence-corrected chi connectivity index (χ1v) is 7.08. The zero-order valence-corrected chi connectivity index (χ0v) is 10.7. The molecule has 1 N–H and O–H groups in total. The highest BCUT2D eigenvalue weighted by Crippen LogP contribution is 2.34. The van der Waals surface area contributed by atoms with E-state index in [1.165, 1.54) is 44.2 Å². The van der Waals surface area contributed by atoms with Crippen molar-refractivity contribution in [2.45, 2.75) is 64.1 Å². The lowest BCUT2D eigenvalue weighted by Crippen LogP contribution is -2.25. The van der Waals surface area contributed by atoms with Crippen molar-refractivity contribution in [3.05, 3.63) is 18.2 Å². The van der Waals surface area contributed by atoms with Crippen LogP contribution in [0.15, 0.2) is 12.5 Å². The summed E-state index contributed by atoms with van der Waals surface area (Å²) in [6.07, 6.45) is 12.3. The van der Waals surface area contributed by atoms with Gasteiger partial charge in [0.05, 0.1) is 12.0 Å². The van der Waals surface area contributed by atoms with Crippen LogP contribution in [0.4, 0.5) is 0 Å². The third-order valence-electron chi connectivity index (χ3n) is 4.32. The van der Waals surface area contributed by atoms with E-state index in [0.29, 0.717) is 6.04 Å². The van der Waals surface area contributed by atoms with E-state index in [-0.39, 0.29) is 0 Å². The van der Waals surface area contributed by atoms with Gasteiger partial charge in [0.15, 0.2) is 0 Å². The Labute approximate surface area is 104 Å². The van der Waals surface area contributed by atoms with Gasteiger partial charge in [0.25, 0.3) is 0 Å². The topological polar surface area (TPSA) is 29.9 Å². The third kappa shape index (κ3) is 2.54. The fourth-order valence-corrected chi connectivity index (χ4v) is 3.01. The Morgan fingerprint density at radius 3 is 2.88 bits per heavy atom. The van der Waals surface area contributed by atoms with Crippen molar-refractivity contribution in [2.75, 3.05) is 0 Å². The summed E-state index contributed by atoms with van der Waals surface area (Å²) in [5.74, 6) is 0.803. The number of hydrogen-bond acceptors (Lipinski definition) is 2. The van der Waals surface area contributed by atoms with Crippen molar-refractivity contribution in [1.82, 2.24) is 14.9 Å². The van der Waals surface area contributed by atoms with E-state index < -0.39 is 0 Å². The standard InChI is InChI=1S/C14H23N3/c1-11-4-2-3-5-14(11)17-10-15-8-13(17)9-16-12-6-7-12/h8,10-12,14,16H,2-7,9H2,1H3. The van der Waals surface area contributed by atoms with Crippen molar-refractivity contribution in [3.63, 3.8) is 0 Å². The minimum absolute atomic E-state index is 0.683. The van der Waals surface area contributed by atoms with Crippen LogP contribution in [-0.4, -0.2) is 15.6 Å². The molecular weight excluding hydrogens is 210 g/mol. The lowest BCUT2D eigenvalue weighted by molar-refractivity contribution is 0.252. The van der Waals surface area contributed by atoms with Crippen LogP contribution in [0.2, 0.25) is 0 Å². The number of aromatic nitrogens is 2. The van der Waals surface area contributed by atoms with Gasteiger partial charge in [-0.15, -0.1) is 0 Å². The highest BCUT2D eigenvalue weighted by molar-refractivity contribution is 5.02. The average molecular weight is 233 g/mol. The first-order chi connectivity index (χ1) is 8.34. The summed E-state index contributed by atoms with van der Waals surface area (Å²) >= 11 is 0. The molecule has 1 aromatic heterocycles. The van der Waals surface area contributed by atoms with Gasteiger partial charge in [-0.1, -0.05) is 19.8 Å². The molecule has 2 atom stereocenters. The molecule has 1 aromatic rings. The molecule has 17 heavy (non-hydrogen) atoms. The molecule has 0 bridgehead atoms. The van der Waals surface area contributed by atoms with Crippen LogP contribution >= 0.6 is 0 Å². The SMILES string of the molecule is CC1CCCCC1n1cncc1CNC1CC1. The Bertz CT molecular complexity index is 367. The molecule has 2 aliphatic carbocycles. The second-order valence-electron chi connectivity index (χ2n) is 5.78. The van der Waals surface area contributed by atoms with Crippen molar-refractivity contribution >= 4 is 0 Å². The van der Waals surface area contributed by atoms with E-state index in [0.717, 1.165) is 18.5 Å². The van der Waals surface area contributed by atoms with Gasteiger partial charge in [-0.05, 0) is 31.6 Å². The molecule has 0 aromatic carbocycles. The van der Waals surface area contributed by atoms with Gasteiger partial charge in [0.1, 0.15) is 0 Å². The van der Waals surface area contributed by atoms with Gasteiger partial charge < -0.3 is 9.88 Å². The van der Waals surface area contributed by atoms with Crippen molar-refractivity contribution in [1.29, 1.82) is 0 Å². The molecule has 2 aliphatic rings. The van der Waals surface area contributed by atoms with Gasteiger partial charge in [-0.2, -0.15) is 0 Å². The summed E-state index contributed by atoms with van der Waals surface area (Å²) < 4.78 is 2.43. The molecule has 94 valence electrons. The fourth-order valence-electron chi connectivity index (χ4n) is 3.01. The van der Waals surface area contributed by atoms with Crippen LogP contribution in [0.25, 0.3) is 0 Å². The number of nitrogens with one attached hydrogen (secondary N) is 1. The molecule has 3 rings (SSSR count). The van der Waals surface area contributed by atoms with Crippen LogP contribution in [0, 0.1) is 5.92 Å². The van der Waals surface area contributed by atoms with Gasteiger partial charge >= 0.3 is 0 Å². The van der Waals surface area contributed by atoms with Crippen LogP contribution in [0.5, 0.6) is 0 Å². The largest absolute Gasteiger partial charge is 0.330 e. The summed E-state index contributed by atoms with van der Waals surface area (Å²) in [5.41, 5.74) is 1.37. The third-order valence-corrected chi connectivity index (χ3v) is 4.32. The van der Waals surface area contributed by atoms with Crippen molar-refractivity contribution in [3.8, 4) is 0 Å². The number of nitrogens with zero attached hydrogens (tertiary/aromatic N) is 2. The second-order valence-corrected chi connectivity index (χ2v) is 5.78. The van der Waals surface area contributed by atoms with E-state index >= 15 is 0 Å². The molecule has 3 heteroatoms. The summed E-state index contributed by atoms with van der Waals surface area (Å²) in [6, 6.07) is 1.46. The molecule has 2 unspecified atom stereocenters. The predicted molar refractivity (Wildman–Crippen MR) is 68.8 cm³/mol. The van der Waals surface area contributed by atoms with E-state index in [4.69, 9.17) is 0 Å². The maximum atomic E-state index is 4.35. The van der Waals surface area contributed by atoms with Crippen LogP contribution in [0.1, 0.15) is 57.2 Å². The zero-order chi connectivity index (χ0) is 11.7. The van der Waals surface area contributed by atoms with E-state index in [9.17, 15) is 0 Å². The quantitative estimate of drug-likeness (QED) is 0.866. The lowest BCUT2D eigenvalue weighted by Gasteiger charge is -2.31. The summed E-state index contributed by atoms with van der Waals surface area (Å²) in [6.45, 7) is 3.38. The molecule has 3 nitrogen and oxygen atoms in total. The first-order valence-electron chi connectivity index (χ1n) is 7.08. The molecular formula is C14H23N3. The Morgan fingerprint density at radius 1 is 1.29 bits per heavy atom. The lowest BCUT2D eigenvalue weighted by atomic mass is 9.85. The first kappa shape index (κ1) is 11.3. The Balaban J connectivity index is 1.69. The van der Waals surface area contributed by atoms with Crippen LogP contribution in [0.3, 0.4) is 0 Å².